The molecule has 0 aliphatic carbocycles. The summed E-state index contributed by atoms with van der Waals surface area (Å²) in [6, 6.07) is 0. The Morgan fingerprint density at radius 1 is 1.24 bits per heavy atom. The van der Waals surface area contributed by atoms with E-state index < -0.39 is 0 Å². The lowest BCUT2D eigenvalue weighted by Crippen LogP contribution is -2.16. The molecule has 102 valence electrons. The van der Waals surface area contributed by atoms with Gasteiger partial charge in [0, 0.05) is 13.0 Å². The van der Waals surface area contributed by atoms with Crippen molar-refractivity contribution in [3.05, 3.63) is 0 Å². The van der Waals surface area contributed by atoms with Crippen LogP contribution in [0, 0.1) is 0 Å². The molecule has 17 heavy (non-hydrogen) atoms. The minimum atomic E-state index is 0.273. The Morgan fingerprint density at radius 3 is 2.59 bits per heavy atom. The summed E-state index contributed by atoms with van der Waals surface area (Å²) in [6.45, 7) is 6.21. The van der Waals surface area contributed by atoms with Crippen LogP contribution >= 0.6 is 11.8 Å². The second-order valence-electron chi connectivity index (χ2n) is 3.95. The average molecular weight is 262 g/mol. The molecule has 0 saturated heterocycles. The standard InChI is InChI=1S/C13H26O3S/c1-4-7-12(16-11-10-15-5-2)8-6-9-13(14)17-3/h12H,4-11H2,1-3H3. The average Bonchev–Trinajstić information content (AvgIpc) is 2.34. The van der Waals surface area contributed by atoms with Gasteiger partial charge in [-0.3, -0.25) is 4.79 Å². The van der Waals surface area contributed by atoms with Crippen LogP contribution in [-0.2, 0) is 14.3 Å². The lowest BCUT2D eigenvalue weighted by molar-refractivity contribution is -0.111. The van der Waals surface area contributed by atoms with E-state index in [1.54, 1.807) is 0 Å². The summed E-state index contributed by atoms with van der Waals surface area (Å²) in [7, 11) is 0. The van der Waals surface area contributed by atoms with Crippen LogP contribution in [0.15, 0.2) is 0 Å². The second-order valence-corrected chi connectivity index (χ2v) is 4.81. The normalized spacial score (nSPS) is 12.6. The maximum absolute atomic E-state index is 11.2. The van der Waals surface area contributed by atoms with Crippen LogP contribution in [0.4, 0.5) is 0 Å². The number of rotatable bonds is 11. The minimum absolute atomic E-state index is 0.273. The van der Waals surface area contributed by atoms with Gasteiger partial charge in [-0.05, 0) is 32.4 Å². The first-order valence-electron chi connectivity index (χ1n) is 6.50. The zero-order valence-electron chi connectivity index (χ0n) is 11.4. The molecule has 0 aromatic rings. The first kappa shape index (κ1) is 16.9. The van der Waals surface area contributed by atoms with Gasteiger partial charge in [0.15, 0.2) is 5.12 Å². The predicted molar refractivity (Wildman–Crippen MR) is 73.5 cm³/mol. The largest absolute Gasteiger partial charge is 0.379 e. The van der Waals surface area contributed by atoms with E-state index in [0.717, 1.165) is 32.3 Å². The highest BCUT2D eigenvalue weighted by atomic mass is 32.2. The van der Waals surface area contributed by atoms with Gasteiger partial charge in [0.25, 0.3) is 0 Å². The summed E-state index contributed by atoms with van der Waals surface area (Å²) < 4.78 is 11.0. The molecule has 0 aromatic carbocycles. The molecule has 4 heteroatoms. The molecule has 1 unspecified atom stereocenters. The number of ether oxygens (including phenoxy) is 2. The summed E-state index contributed by atoms with van der Waals surface area (Å²) in [6.07, 6.45) is 6.89. The van der Waals surface area contributed by atoms with Crippen LogP contribution in [0.2, 0.25) is 0 Å². The van der Waals surface area contributed by atoms with Gasteiger partial charge < -0.3 is 9.47 Å². The molecule has 0 rings (SSSR count). The Labute approximate surface area is 110 Å². The van der Waals surface area contributed by atoms with E-state index in [4.69, 9.17) is 9.47 Å². The van der Waals surface area contributed by atoms with Crippen molar-refractivity contribution >= 4 is 16.9 Å². The maximum Gasteiger partial charge on any atom is 0.188 e. The molecule has 1 atom stereocenters. The molecule has 0 heterocycles. The monoisotopic (exact) mass is 262 g/mol. The molecule has 0 saturated carbocycles. The molecule has 0 N–H and O–H groups in total. The zero-order chi connectivity index (χ0) is 12.9. The maximum atomic E-state index is 11.2. The fraction of sp³-hybridized carbons (Fsp3) is 0.923. The third kappa shape index (κ3) is 10.8. The van der Waals surface area contributed by atoms with Gasteiger partial charge in [0.05, 0.1) is 19.3 Å². The van der Waals surface area contributed by atoms with E-state index >= 15 is 0 Å². The van der Waals surface area contributed by atoms with Crippen LogP contribution < -0.4 is 0 Å². The fourth-order valence-electron chi connectivity index (χ4n) is 1.63. The first-order chi connectivity index (χ1) is 8.24. The third-order valence-corrected chi connectivity index (χ3v) is 3.19. The van der Waals surface area contributed by atoms with E-state index in [2.05, 4.69) is 6.92 Å². The van der Waals surface area contributed by atoms with Gasteiger partial charge in [-0.25, -0.2) is 0 Å². The highest BCUT2D eigenvalue weighted by Gasteiger charge is 2.09. The van der Waals surface area contributed by atoms with Gasteiger partial charge in [0.1, 0.15) is 0 Å². The Kier molecular flexibility index (Phi) is 12.4. The molecular weight excluding hydrogens is 236 g/mol. The van der Waals surface area contributed by atoms with Crippen molar-refractivity contribution in [3.63, 3.8) is 0 Å². The number of hydrogen-bond acceptors (Lipinski definition) is 4. The van der Waals surface area contributed by atoms with E-state index in [0.29, 0.717) is 19.6 Å². The van der Waals surface area contributed by atoms with E-state index in [9.17, 15) is 4.79 Å². The molecule has 3 nitrogen and oxygen atoms in total. The van der Waals surface area contributed by atoms with Crippen molar-refractivity contribution in [2.45, 2.75) is 52.1 Å². The minimum Gasteiger partial charge on any atom is -0.379 e. The number of carbonyl (C=O) groups is 1. The summed E-state index contributed by atoms with van der Waals surface area (Å²) in [4.78, 5) is 11.2. The van der Waals surface area contributed by atoms with Crippen LogP contribution in [0.1, 0.15) is 46.0 Å². The molecule has 0 spiro atoms. The van der Waals surface area contributed by atoms with Crippen molar-refractivity contribution < 1.29 is 14.3 Å². The van der Waals surface area contributed by atoms with Crippen molar-refractivity contribution in [1.29, 1.82) is 0 Å². The second kappa shape index (κ2) is 12.4. The highest BCUT2D eigenvalue weighted by molar-refractivity contribution is 8.13. The van der Waals surface area contributed by atoms with Crippen LogP contribution in [0.25, 0.3) is 0 Å². The van der Waals surface area contributed by atoms with Crippen LogP contribution in [-0.4, -0.2) is 37.3 Å². The lowest BCUT2D eigenvalue weighted by Gasteiger charge is -2.16. The Hall–Kier alpha value is -0.0600. The Morgan fingerprint density at radius 2 is 2.00 bits per heavy atom. The smallest absolute Gasteiger partial charge is 0.188 e. The summed E-state index contributed by atoms with van der Waals surface area (Å²) in [5.74, 6) is 0. The zero-order valence-corrected chi connectivity index (χ0v) is 12.2. The lowest BCUT2D eigenvalue weighted by atomic mass is 10.1. The molecule has 0 aliphatic heterocycles. The topological polar surface area (TPSA) is 35.5 Å². The van der Waals surface area contributed by atoms with Crippen molar-refractivity contribution in [2.75, 3.05) is 26.1 Å². The highest BCUT2D eigenvalue weighted by Crippen LogP contribution is 2.13. The molecule has 0 amide bonds. The summed E-state index contributed by atoms with van der Waals surface area (Å²) >= 11 is 1.31. The van der Waals surface area contributed by atoms with Gasteiger partial charge in [-0.1, -0.05) is 25.1 Å². The Balaban J connectivity index is 3.62. The Bertz CT molecular complexity index is 186. The number of hydrogen-bond donors (Lipinski definition) is 0. The molecule has 0 aromatic heterocycles. The third-order valence-electron chi connectivity index (χ3n) is 2.53. The van der Waals surface area contributed by atoms with Gasteiger partial charge >= 0.3 is 0 Å². The fourth-order valence-corrected chi connectivity index (χ4v) is 1.98. The van der Waals surface area contributed by atoms with Gasteiger partial charge in [-0.2, -0.15) is 0 Å². The van der Waals surface area contributed by atoms with E-state index in [1.165, 1.54) is 11.8 Å². The van der Waals surface area contributed by atoms with Crippen molar-refractivity contribution in [2.24, 2.45) is 0 Å². The van der Waals surface area contributed by atoms with Crippen LogP contribution in [0.5, 0.6) is 0 Å². The van der Waals surface area contributed by atoms with Gasteiger partial charge in [0.2, 0.25) is 0 Å². The number of carbonyl (C=O) groups excluding carboxylic acids is 1. The van der Waals surface area contributed by atoms with E-state index in [-0.39, 0.29) is 11.2 Å². The summed E-state index contributed by atoms with van der Waals surface area (Å²) in [5.41, 5.74) is 0. The molecule has 0 radical (unpaired) electrons. The quantitative estimate of drug-likeness (QED) is 0.535. The van der Waals surface area contributed by atoms with E-state index in [1.807, 2.05) is 13.2 Å². The van der Waals surface area contributed by atoms with Crippen molar-refractivity contribution in [3.8, 4) is 0 Å². The summed E-state index contributed by atoms with van der Waals surface area (Å²) in [5, 5.41) is 0.273. The molecular formula is C13H26O3S. The molecule has 0 aliphatic rings. The molecule has 0 fully saturated rings. The van der Waals surface area contributed by atoms with Gasteiger partial charge in [-0.15, -0.1) is 0 Å². The molecule has 0 bridgehead atoms. The SMILES string of the molecule is CCCC(CCCC(=O)SC)OCCOCC. The van der Waals surface area contributed by atoms with Crippen LogP contribution in [0.3, 0.4) is 0 Å². The predicted octanol–water partition coefficient (Wildman–Crippen LogP) is 3.27. The van der Waals surface area contributed by atoms with Crippen molar-refractivity contribution in [1.82, 2.24) is 0 Å². The number of thioether (sulfide) groups is 1. The first-order valence-corrected chi connectivity index (χ1v) is 7.73.